The summed E-state index contributed by atoms with van der Waals surface area (Å²) < 4.78 is 1.17. The fourth-order valence-electron chi connectivity index (χ4n) is 6.25. The van der Waals surface area contributed by atoms with Crippen molar-refractivity contribution >= 4 is 32.6 Å². The van der Waals surface area contributed by atoms with Crippen molar-refractivity contribution in [2.45, 2.75) is 58.3 Å². The minimum atomic E-state index is 0.178. The molecule has 4 heteroatoms. The van der Waals surface area contributed by atoms with Gasteiger partial charge in [-0.1, -0.05) is 24.3 Å². The Labute approximate surface area is 153 Å². The van der Waals surface area contributed by atoms with Crippen LogP contribution in [-0.4, -0.2) is 10.9 Å². The van der Waals surface area contributed by atoms with Crippen molar-refractivity contribution in [2.24, 2.45) is 23.2 Å². The van der Waals surface area contributed by atoms with Crippen LogP contribution in [0.4, 0.5) is 5.13 Å². The maximum atomic E-state index is 12.8. The summed E-state index contributed by atoms with van der Waals surface area (Å²) in [7, 11) is 0. The lowest BCUT2D eigenvalue weighted by Gasteiger charge is -2.56. The molecule has 4 saturated carbocycles. The van der Waals surface area contributed by atoms with Gasteiger partial charge in [-0.3, -0.25) is 4.79 Å². The van der Waals surface area contributed by atoms with Crippen LogP contribution in [0, 0.1) is 23.2 Å². The van der Waals surface area contributed by atoms with E-state index in [2.05, 4.69) is 35.4 Å². The molecule has 0 spiro atoms. The number of nitrogens with zero attached hydrogens (tertiary/aromatic N) is 1. The van der Waals surface area contributed by atoms with Crippen LogP contribution >= 0.6 is 11.3 Å². The van der Waals surface area contributed by atoms with Crippen LogP contribution in [0.3, 0.4) is 0 Å². The van der Waals surface area contributed by atoms with Crippen molar-refractivity contribution in [1.82, 2.24) is 4.98 Å². The number of rotatable bonds is 4. The molecule has 0 saturated heterocycles. The molecule has 25 heavy (non-hydrogen) atoms. The molecule has 1 aromatic carbocycles. The predicted molar refractivity (Wildman–Crippen MR) is 103 cm³/mol. The van der Waals surface area contributed by atoms with E-state index < -0.39 is 0 Å². The third-order valence-electron chi connectivity index (χ3n) is 6.81. The van der Waals surface area contributed by atoms with Crippen LogP contribution in [0.15, 0.2) is 18.2 Å². The molecule has 1 aromatic heterocycles. The van der Waals surface area contributed by atoms with Gasteiger partial charge in [0.25, 0.3) is 0 Å². The average Bonchev–Trinajstić information content (AvgIpc) is 2.93. The number of amides is 1. The first-order valence-corrected chi connectivity index (χ1v) is 10.6. The Morgan fingerprint density at radius 1 is 1.20 bits per heavy atom. The number of carbonyl (C=O) groups excluding carboxylic acids is 1. The maximum absolute atomic E-state index is 12.8. The van der Waals surface area contributed by atoms with Crippen LogP contribution in [0.2, 0.25) is 0 Å². The van der Waals surface area contributed by atoms with Gasteiger partial charge in [-0.25, -0.2) is 4.98 Å². The highest BCUT2D eigenvalue weighted by molar-refractivity contribution is 7.22. The molecule has 0 radical (unpaired) electrons. The molecule has 1 N–H and O–H groups in total. The van der Waals surface area contributed by atoms with Gasteiger partial charge in [0.1, 0.15) is 0 Å². The molecule has 0 atom stereocenters. The zero-order chi connectivity index (χ0) is 17.0. The Morgan fingerprint density at radius 3 is 2.52 bits per heavy atom. The van der Waals surface area contributed by atoms with Crippen molar-refractivity contribution in [1.29, 1.82) is 0 Å². The monoisotopic (exact) mass is 354 g/mol. The van der Waals surface area contributed by atoms with Gasteiger partial charge in [-0.05, 0) is 85.8 Å². The Hall–Kier alpha value is -1.42. The SMILES string of the molecule is CCc1ccc2nc(NC(=O)CC34CC5CC(CC(C5)C3)C4)sc2c1. The van der Waals surface area contributed by atoms with Gasteiger partial charge in [-0.15, -0.1) is 0 Å². The number of thiazole rings is 1. The third-order valence-corrected chi connectivity index (χ3v) is 7.74. The van der Waals surface area contributed by atoms with E-state index >= 15 is 0 Å². The van der Waals surface area contributed by atoms with Gasteiger partial charge < -0.3 is 5.32 Å². The quantitative estimate of drug-likeness (QED) is 0.798. The second-order valence-corrected chi connectivity index (χ2v) is 9.85. The Bertz CT molecular complexity index is 789. The maximum Gasteiger partial charge on any atom is 0.226 e. The van der Waals surface area contributed by atoms with Crippen molar-refractivity contribution < 1.29 is 4.79 Å². The zero-order valence-corrected chi connectivity index (χ0v) is 15.7. The zero-order valence-electron chi connectivity index (χ0n) is 14.9. The van der Waals surface area contributed by atoms with Crippen LogP contribution in [-0.2, 0) is 11.2 Å². The van der Waals surface area contributed by atoms with Gasteiger partial charge in [0.05, 0.1) is 10.2 Å². The summed E-state index contributed by atoms with van der Waals surface area (Å²) in [5.74, 6) is 2.87. The summed E-state index contributed by atoms with van der Waals surface area (Å²) in [5, 5.41) is 3.87. The summed E-state index contributed by atoms with van der Waals surface area (Å²) in [6.07, 6.45) is 9.87. The van der Waals surface area contributed by atoms with Gasteiger partial charge >= 0.3 is 0 Å². The molecule has 4 fully saturated rings. The molecule has 132 valence electrons. The standard InChI is InChI=1S/C21H26N2OS/c1-2-13-3-4-17-18(8-13)25-20(22-17)23-19(24)12-21-9-14-5-15(10-21)7-16(6-14)11-21/h3-4,8,14-16H,2,5-7,9-12H2,1H3,(H,22,23,24). The molecule has 4 bridgehead atoms. The van der Waals surface area contributed by atoms with E-state index in [1.165, 1.54) is 48.8 Å². The number of hydrogen-bond acceptors (Lipinski definition) is 3. The van der Waals surface area contributed by atoms with Gasteiger partial charge in [0.15, 0.2) is 5.13 Å². The molecule has 2 aromatic rings. The number of anilines is 1. The molecule has 4 aliphatic rings. The molecule has 0 aliphatic heterocycles. The molecule has 6 rings (SSSR count). The van der Waals surface area contributed by atoms with E-state index in [0.29, 0.717) is 11.8 Å². The van der Waals surface area contributed by atoms with E-state index in [9.17, 15) is 4.79 Å². The highest BCUT2D eigenvalue weighted by atomic mass is 32.1. The minimum Gasteiger partial charge on any atom is -0.302 e. The van der Waals surface area contributed by atoms with E-state index in [4.69, 9.17) is 0 Å². The molecular formula is C21H26N2OS. The predicted octanol–water partition coefficient (Wildman–Crippen LogP) is 5.40. The number of benzene rings is 1. The van der Waals surface area contributed by atoms with Crippen LogP contribution in [0.25, 0.3) is 10.2 Å². The molecule has 1 heterocycles. The fraction of sp³-hybridized carbons (Fsp3) is 0.619. The van der Waals surface area contributed by atoms with Gasteiger partial charge in [0.2, 0.25) is 5.91 Å². The summed E-state index contributed by atoms with van der Waals surface area (Å²) >= 11 is 1.60. The van der Waals surface area contributed by atoms with Crippen LogP contribution in [0.5, 0.6) is 0 Å². The highest BCUT2D eigenvalue weighted by Crippen LogP contribution is 2.61. The van der Waals surface area contributed by atoms with Crippen molar-refractivity contribution in [2.75, 3.05) is 5.32 Å². The second-order valence-electron chi connectivity index (χ2n) is 8.82. The number of hydrogen-bond donors (Lipinski definition) is 1. The topological polar surface area (TPSA) is 42.0 Å². The minimum absolute atomic E-state index is 0.178. The lowest BCUT2D eigenvalue weighted by atomic mass is 9.49. The largest absolute Gasteiger partial charge is 0.302 e. The Balaban J connectivity index is 1.31. The number of fused-ring (bicyclic) bond motifs is 1. The molecular weight excluding hydrogens is 328 g/mol. The van der Waals surface area contributed by atoms with E-state index in [1.807, 2.05) is 0 Å². The molecule has 0 unspecified atom stereocenters. The van der Waals surface area contributed by atoms with Gasteiger partial charge in [0, 0.05) is 6.42 Å². The Kier molecular flexibility index (Phi) is 3.67. The molecule has 4 aliphatic carbocycles. The van der Waals surface area contributed by atoms with Gasteiger partial charge in [-0.2, -0.15) is 0 Å². The first-order chi connectivity index (χ1) is 12.1. The highest BCUT2D eigenvalue weighted by Gasteiger charge is 2.51. The van der Waals surface area contributed by atoms with Crippen molar-refractivity contribution in [3.63, 3.8) is 0 Å². The summed E-state index contributed by atoms with van der Waals surface area (Å²) in [6, 6.07) is 6.39. The number of aryl methyl sites for hydroxylation is 1. The summed E-state index contributed by atoms with van der Waals surface area (Å²) in [4.78, 5) is 17.4. The van der Waals surface area contributed by atoms with Crippen LogP contribution < -0.4 is 5.32 Å². The van der Waals surface area contributed by atoms with Crippen molar-refractivity contribution in [3.8, 4) is 0 Å². The van der Waals surface area contributed by atoms with E-state index in [1.54, 1.807) is 11.3 Å². The normalized spacial score (nSPS) is 33.1. The first kappa shape index (κ1) is 15.8. The number of aromatic nitrogens is 1. The van der Waals surface area contributed by atoms with E-state index in [-0.39, 0.29) is 5.91 Å². The fourth-order valence-corrected chi connectivity index (χ4v) is 7.20. The summed E-state index contributed by atoms with van der Waals surface area (Å²) in [6.45, 7) is 2.16. The average molecular weight is 355 g/mol. The second kappa shape index (κ2) is 5.80. The lowest BCUT2D eigenvalue weighted by Crippen LogP contribution is -2.47. The third kappa shape index (κ3) is 2.88. The lowest BCUT2D eigenvalue weighted by molar-refractivity contribution is -0.124. The van der Waals surface area contributed by atoms with Crippen molar-refractivity contribution in [3.05, 3.63) is 23.8 Å². The summed E-state index contributed by atoms with van der Waals surface area (Å²) in [5.41, 5.74) is 2.61. The smallest absolute Gasteiger partial charge is 0.226 e. The Morgan fingerprint density at radius 2 is 1.88 bits per heavy atom. The first-order valence-electron chi connectivity index (χ1n) is 9.80. The number of carbonyl (C=O) groups is 1. The number of nitrogens with one attached hydrogen (secondary N) is 1. The molecule has 1 amide bonds. The molecule has 3 nitrogen and oxygen atoms in total. The van der Waals surface area contributed by atoms with Crippen LogP contribution in [0.1, 0.15) is 57.4 Å². The van der Waals surface area contributed by atoms with E-state index in [0.717, 1.165) is 34.8 Å².